The van der Waals surface area contributed by atoms with Crippen LogP contribution in [0.1, 0.15) is 30.7 Å². The lowest BCUT2D eigenvalue weighted by Gasteiger charge is -2.12. The summed E-state index contributed by atoms with van der Waals surface area (Å²) in [6, 6.07) is 14.2. The van der Waals surface area contributed by atoms with Crippen molar-refractivity contribution in [1.82, 2.24) is 14.8 Å². The van der Waals surface area contributed by atoms with Crippen molar-refractivity contribution in [3.05, 3.63) is 72.1 Å². The third kappa shape index (κ3) is 4.84. The predicted octanol–water partition coefficient (Wildman–Crippen LogP) is 5.26. The van der Waals surface area contributed by atoms with E-state index in [2.05, 4.69) is 20.1 Å². The number of rotatable bonds is 4. The summed E-state index contributed by atoms with van der Waals surface area (Å²) in [6.07, 6.45) is 0.0509. The lowest BCUT2D eigenvalue weighted by Crippen LogP contribution is -2.16. The van der Waals surface area contributed by atoms with Gasteiger partial charge in [-0.2, -0.15) is 13.2 Å². The summed E-state index contributed by atoms with van der Waals surface area (Å²) >= 11 is 0. The maximum Gasteiger partial charge on any atom is 0.417 e. The standard InChI is InChI=1S/C23H21F3N4O/c24-23(25,26)19(16-8-3-1-4-9-16)15-21(31)27-18-11-7-10-17(14-18)22-29-28-20-12-5-2-6-13-30(20)22/h1,3-4,7-11,14-15H,2,5-6,12-13H2,(H,27,31)/b19-15+. The van der Waals surface area contributed by atoms with Gasteiger partial charge in [0.2, 0.25) is 5.91 Å². The number of carbonyl (C=O) groups is 1. The second kappa shape index (κ2) is 8.75. The van der Waals surface area contributed by atoms with Crippen LogP contribution in [0, 0.1) is 0 Å². The molecule has 0 atom stereocenters. The maximum atomic E-state index is 13.5. The number of alkyl halides is 3. The fourth-order valence-corrected chi connectivity index (χ4v) is 3.69. The minimum Gasteiger partial charge on any atom is -0.322 e. The Morgan fingerprint density at radius 1 is 1.00 bits per heavy atom. The van der Waals surface area contributed by atoms with E-state index in [0.717, 1.165) is 43.6 Å². The van der Waals surface area contributed by atoms with Crippen molar-refractivity contribution in [1.29, 1.82) is 0 Å². The molecular weight excluding hydrogens is 405 g/mol. The third-order valence-electron chi connectivity index (χ3n) is 5.16. The highest BCUT2D eigenvalue weighted by molar-refractivity contribution is 6.04. The number of amides is 1. The molecule has 0 spiro atoms. The zero-order valence-corrected chi connectivity index (χ0v) is 16.7. The van der Waals surface area contributed by atoms with Gasteiger partial charge in [-0.3, -0.25) is 4.79 Å². The first kappa shape index (κ1) is 20.8. The number of nitrogens with zero attached hydrogens (tertiary/aromatic N) is 3. The number of nitrogens with one attached hydrogen (secondary N) is 1. The van der Waals surface area contributed by atoms with Crippen LogP contribution >= 0.6 is 0 Å². The number of allylic oxidation sites excluding steroid dienone is 1. The fourth-order valence-electron chi connectivity index (χ4n) is 3.69. The summed E-state index contributed by atoms with van der Waals surface area (Å²) in [6.45, 7) is 0.822. The molecule has 0 bridgehead atoms. The first-order chi connectivity index (χ1) is 14.9. The zero-order valence-electron chi connectivity index (χ0n) is 16.7. The van der Waals surface area contributed by atoms with E-state index in [1.54, 1.807) is 24.3 Å². The second-order valence-corrected chi connectivity index (χ2v) is 7.39. The van der Waals surface area contributed by atoms with E-state index in [1.807, 2.05) is 6.07 Å². The predicted molar refractivity (Wildman–Crippen MR) is 112 cm³/mol. The average Bonchev–Trinajstić information content (AvgIpc) is 3.00. The van der Waals surface area contributed by atoms with Gasteiger partial charge in [0.25, 0.3) is 0 Å². The summed E-state index contributed by atoms with van der Waals surface area (Å²) in [4.78, 5) is 12.4. The molecule has 160 valence electrons. The van der Waals surface area contributed by atoms with Gasteiger partial charge in [0.1, 0.15) is 5.82 Å². The Hall–Kier alpha value is -3.42. The lowest BCUT2D eigenvalue weighted by molar-refractivity contribution is -0.112. The smallest absolute Gasteiger partial charge is 0.322 e. The molecule has 5 nitrogen and oxygen atoms in total. The molecule has 1 amide bonds. The monoisotopic (exact) mass is 426 g/mol. The molecule has 0 aliphatic carbocycles. The Kier molecular flexibility index (Phi) is 5.88. The molecule has 0 unspecified atom stereocenters. The molecule has 1 aromatic heterocycles. The van der Waals surface area contributed by atoms with Gasteiger partial charge in [0.05, 0.1) is 5.57 Å². The highest BCUT2D eigenvalue weighted by atomic mass is 19.4. The van der Waals surface area contributed by atoms with E-state index in [0.29, 0.717) is 17.6 Å². The molecule has 8 heteroatoms. The lowest BCUT2D eigenvalue weighted by atomic mass is 10.1. The van der Waals surface area contributed by atoms with E-state index in [9.17, 15) is 18.0 Å². The molecule has 3 aromatic rings. The summed E-state index contributed by atoms with van der Waals surface area (Å²) < 4.78 is 42.5. The van der Waals surface area contributed by atoms with Crippen LogP contribution in [0.2, 0.25) is 0 Å². The molecule has 1 N–H and O–H groups in total. The first-order valence-corrected chi connectivity index (χ1v) is 10.1. The van der Waals surface area contributed by atoms with Gasteiger partial charge in [0, 0.05) is 30.3 Å². The van der Waals surface area contributed by atoms with Gasteiger partial charge < -0.3 is 9.88 Å². The van der Waals surface area contributed by atoms with Crippen LogP contribution in [-0.4, -0.2) is 26.8 Å². The van der Waals surface area contributed by atoms with Gasteiger partial charge in [-0.1, -0.05) is 48.9 Å². The summed E-state index contributed by atoms with van der Waals surface area (Å²) in [5.74, 6) is 0.778. The van der Waals surface area contributed by atoms with Crippen LogP contribution in [0.25, 0.3) is 17.0 Å². The minimum atomic E-state index is -4.65. The third-order valence-corrected chi connectivity index (χ3v) is 5.16. The number of halogens is 3. The number of carbonyl (C=O) groups excluding carboxylic acids is 1. The van der Waals surface area contributed by atoms with Crippen molar-refractivity contribution in [3.63, 3.8) is 0 Å². The van der Waals surface area contributed by atoms with Crippen molar-refractivity contribution < 1.29 is 18.0 Å². The van der Waals surface area contributed by atoms with E-state index in [1.165, 1.54) is 24.3 Å². The van der Waals surface area contributed by atoms with Gasteiger partial charge in [-0.15, -0.1) is 10.2 Å². The molecule has 2 aromatic carbocycles. The Morgan fingerprint density at radius 2 is 1.81 bits per heavy atom. The van der Waals surface area contributed by atoms with Crippen molar-refractivity contribution in [3.8, 4) is 11.4 Å². The number of hydrogen-bond donors (Lipinski definition) is 1. The molecule has 0 fully saturated rings. The molecule has 0 radical (unpaired) electrons. The molecule has 2 heterocycles. The van der Waals surface area contributed by atoms with Crippen molar-refractivity contribution >= 4 is 17.2 Å². The fraction of sp³-hybridized carbons (Fsp3) is 0.261. The van der Waals surface area contributed by atoms with Gasteiger partial charge >= 0.3 is 6.18 Å². The van der Waals surface area contributed by atoms with Crippen LogP contribution in [0.15, 0.2) is 60.7 Å². The quantitative estimate of drug-likeness (QED) is 0.579. The van der Waals surface area contributed by atoms with E-state index in [4.69, 9.17) is 0 Å². The Morgan fingerprint density at radius 3 is 2.58 bits per heavy atom. The van der Waals surface area contributed by atoms with E-state index < -0.39 is 17.7 Å². The number of aryl methyl sites for hydroxylation is 1. The highest BCUT2D eigenvalue weighted by Gasteiger charge is 2.35. The maximum absolute atomic E-state index is 13.5. The number of aromatic nitrogens is 3. The Bertz CT molecular complexity index is 1100. The van der Waals surface area contributed by atoms with E-state index >= 15 is 0 Å². The SMILES string of the molecule is O=C(/C=C(\c1ccccc1)C(F)(F)F)Nc1cccc(-c2nnc3n2CCCCC3)c1. The van der Waals surface area contributed by atoms with Crippen LogP contribution in [0.5, 0.6) is 0 Å². The van der Waals surface area contributed by atoms with Crippen molar-refractivity contribution in [2.75, 3.05) is 5.32 Å². The van der Waals surface area contributed by atoms with E-state index in [-0.39, 0.29) is 5.56 Å². The Balaban J connectivity index is 1.58. The topological polar surface area (TPSA) is 59.8 Å². The minimum absolute atomic E-state index is 0.0648. The van der Waals surface area contributed by atoms with Crippen molar-refractivity contribution in [2.45, 2.75) is 38.4 Å². The molecule has 1 aliphatic heterocycles. The number of anilines is 1. The molecule has 0 saturated carbocycles. The van der Waals surface area contributed by atoms with Crippen LogP contribution < -0.4 is 5.32 Å². The Labute approximate surface area is 177 Å². The first-order valence-electron chi connectivity index (χ1n) is 10.1. The molecule has 0 saturated heterocycles. The van der Waals surface area contributed by atoms with Gasteiger partial charge in [0.15, 0.2) is 5.82 Å². The largest absolute Gasteiger partial charge is 0.417 e. The van der Waals surface area contributed by atoms with Crippen LogP contribution in [0.3, 0.4) is 0 Å². The molecule has 31 heavy (non-hydrogen) atoms. The molecular formula is C23H21F3N4O. The molecule has 4 rings (SSSR count). The summed E-state index contributed by atoms with van der Waals surface area (Å²) in [5.41, 5.74) is 0.0791. The van der Waals surface area contributed by atoms with Crippen molar-refractivity contribution in [2.24, 2.45) is 0 Å². The summed E-state index contributed by atoms with van der Waals surface area (Å²) in [5, 5.41) is 11.1. The van der Waals surface area contributed by atoms with Crippen LogP contribution in [0.4, 0.5) is 18.9 Å². The van der Waals surface area contributed by atoms with Crippen LogP contribution in [-0.2, 0) is 17.8 Å². The average molecular weight is 426 g/mol. The summed E-state index contributed by atoms with van der Waals surface area (Å²) in [7, 11) is 0. The van der Waals surface area contributed by atoms with Gasteiger partial charge in [-0.05, 0) is 30.5 Å². The number of benzene rings is 2. The number of hydrogen-bond acceptors (Lipinski definition) is 3. The second-order valence-electron chi connectivity index (χ2n) is 7.39. The highest BCUT2D eigenvalue weighted by Crippen LogP contribution is 2.34. The molecule has 1 aliphatic rings. The number of fused-ring (bicyclic) bond motifs is 1. The zero-order chi connectivity index (χ0) is 21.8. The van der Waals surface area contributed by atoms with Gasteiger partial charge in [-0.25, -0.2) is 0 Å². The normalized spacial score (nSPS) is 14.6.